The van der Waals surface area contributed by atoms with Gasteiger partial charge in [0.1, 0.15) is 30.8 Å². The minimum Gasteiger partial charge on any atom is -0.354 e. The Balaban J connectivity index is 1.75. The van der Waals surface area contributed by atoms with Gasteiger partial charge < -0.3 is 5.32 Å². The standard InChI is InChI=1S/C16H18F2N4O/c17-12-4-3-5-13(18)15(12)16(6-1-2-7-16)9-20-14(23)8-22-11-19-10-21-22/h3-5,10-11H,1-2,6-9H2,(H,20,23). The van der Waals surface area contributed by atoms with Crippen LogP contribution in [0, 0.1) is 11.6 Å². The molecular formula is C16H18F2N4O. The maximum Gasteiger partial charge on any atom is 0.241 e. The van der Waals surface area contributed by atoms with Gasteiger partial charge >= 0.3 is 0 Å². The highest BCUT2D eigenvalue weighted by Gasteiger charge is 2.40. The van der Waals surface area contributed by atoms with Crippen molar-refractivity contribution in [3.63, 3.8) is 0 Å². The predicted octanol–water partition coefficient (Wildman–Crippen LogP) is 2.18. The van der Waals surface area contributed by atoms with Crippen molar-refractivity contribution in [2.75, 3.05) is 6.54 Å². The van der Waals surface area contributed by atoms with Crippen LogP contribution in [0.25, 0.3) is 0 Å². The molecule has 1 aromatic heterocycles. The smallest absolute Gasteiger partial charge is 0.241 e. The molecule has 7 heteroatoms. The average Bonchev–Trinajstić information content (AvgIpc) is 3.17. The van der Waals surface area contributed by atoms with Gasteiger partial charge in [-0.1, -0.05) is 18.9 Å². The molecule has 122 valence electrons. The summed E-state index contributed by atoms with van der Waals surface area (Å²) in [5.41, 5.74) is -0.577. The summed E-state index contributed by atoms with van der Waals surface area (Å²) in [5.74, 6) is -1.34. The van der Waals surface area contributed by atoms with E-state index in [1.165, 1.54) is 35.5 Å². The van der Waals surface area contributed by atoms with Gasteiger partial charge in [0, 0.05) is 17.5 Å². The first-order chi connectivity index (χ1) is 11.1. The zero-order valence-corrected chi connectivity index (χ0v) is 12.6. The van der Waals surface area contributed by atoms with Crippen LogP contribution < -0.4 is 5.32 Å². The first-order valence-corrected chi connectivity index (χ1v) is 7.64. The maximum atomic E-state index is 14.2. The molecule has 23 heavy (non-hydrogen) atoms. The van der Waals surface area contributed by atoms with Gasteiger partial charge in [-0.25, -0.2) is 18.4 Å². The Morgan fingerprint density at radius 2 is 1.96 bits per heavy atom. The van der Waals surface area contributed by atoms with Gasteiger partial charge in [-0.15, -0.1) is 0 Å². The van der Waals surface area contributed by atoms with E-state index >= 15 is 0 Å². The Morgan fingerprint density at radius 1 is 1.26 bits per heavy atom. The molecule has 1 heterocycles. The third kappa shape index (κ3) is 3.23. The normalized spacial score (nSPS) is 16.4. The Labute approximate surface area is 132 Å². The number of amides is 1. The Hall–Kier alpha value is -2.31. The van der Waals surface area contributed by atoms with Crippen LogP contribution in [0.3, 0.4) is 0 Å². The second-order valence-corrected chi connectivity index (χ2v) is 5.95. The number of rotatable bonds is 5. The monoisotopic (exact) mass is 320 g/mol. The minimum absolute atomic E-state index is 0.0375. The van der Waals surface area contributed by atoms with Crippen molar-refractivity contribution >= 4 is 5.91 Å². The molecule has 0 spiro atoms. The van der Waals surface area contributed by atoms with Crippen LogP contribution in [-0.4, -0.2) is 27.2 Å². The number of nitrogens with zero attached hydrogens (tertiary/aromatic N) is 3. The molecule has 0 atom stereocenters. The fraction of sp³-hybridized carbons (Fsp3) is 0.438. The van der Waals surface area contributed by atoms with Crippen molar-refractivity contribution in [1.82, 2.24) is 20.1 Å². The molecule has 1 aliphatic rings. The van der Waals surface area contributed by atoms with Crippen LogP contribution in [0.15, 0.2) is 30.9 Å². The molecule has 2 aromatic rings. The van der Waals surface area contributed by atoms with E-state index in [9.17, 15) is 13.6 Å². The molecule has 0 saturated heterocycles. The van der Waals surface area contributed by atoms with E-state index in [4.69, 9.17) is 0 Å². The Bertz CT molecular complexity index is 661. The molecule has 1 aliphatic carbocycles. The molecular weight excluding hydrogens is 302 g/mol. The third-order valence-corrected chi connectivity index (χ3v) is 4.45. The van der Waals surface area contributed by atoms with Crippen molar-refractivity contribution in [1.29, 1.82) is 0 Å². The van der Waals surface area contributed by atoms with Gasteiger partial charge in [0.2, 0.25) is 5.91 Å². The van der Waals surface area contributed by atoms with Crippen LogP contribution in [-0.2, 0) is 16.8 Å². The van der Waals surface area contributed by atoms with E-state index in [1.807, 2.05) is 0 Å². The fourth-order valence-corrected chi connectivity index (χ4v) is 3.36. The van der Waals surface area contributed by atoms with Crippen LogP contribution in [0.2, 0.25) is 0 Å². The quantitative estimate of drug-likeness (QED) is 0.918. The summed E-state index contributed by atoms with van der Waals surface area (Å²) in [6.45, 7) is 0.258. The van der Waals surface area contributed by atoms with Crippen LogP contribution >= 0.6 is 0 Å². The zero-order valence-electron chi connectivity index (χ0n) is 12.6. The zero-order chi connectivity index (χ0) is 16.3. The number of hydrogen-bond donors (Lipinski definition) is 1. The molecule has 1 amide bonds. The second kappa shape index (κ2) is 6.44. The second-order valence-electron chi connectivity index (χ2n) is 5.95. The van der Waals surface area contributed by atoms with E-state index in [0.717, 1.165) is 12.8 Å². The van der Waals surface area contributed by atoms with Gasteiger partial charge in [0.15, 0.2) is 0 Å². The first-order valence-electron chi connectivity index (χ1n) is 7.64. The summed E-state index contributed by atoms with van der Waals surface area (Å²) in [6.07, 6.45) is 5.91. The summed E-state index contributed by atoms with van der Waals surface area (Å²) in [7, 11) is 0. The van der Waals surface area contributed by atoms with E-state index in [1.54, 1.807) is 0 Å². The Kier molecular flexibility index (Phi) is 4.36. The van der Waals surface area contributed by atoms with Crippen molar-refractivity contribution in [3.8, 4) is 0 Å². The van der Waals surface area contributed by atoms with Crippen molar-refractivity contribution in [2.45, 2.75) is 37.6 Å². The molecule has 3 rings (SSSR count). The largest absolute Gasteiger partial charge is 0.354 e. The van der Waals surface area contributed by atoms with Crippen molar-refractivity contribution in [3.05, 3.63) is 48.1 Å². The molecule has 1 N–H and O–H groups in total. The molecule has 5 nitrogen and oxygen atoms in total. The molecule has 0 radical (unpaired) electrons. The maximum absolute atomic E-state index is 14.2. The number of benzene rings is 1. The van der Waals surface area contributed by atoms with Gasteiger partial charge in [-0.05, 0) is 25.0 Å². The average molecular weight is 320 g/mol. The number of hydrogen-bond acceptors (Lipinski definition) is 3. The fourth-order valence-electron chi connectivity index (χ4n) is 3.36. The lowest BCUT2D eigenvalue weighted by Gasteiger charge is -2.30. The number of carbonyl (C=O) groups is 1. The highest BCUT2D eigenvalue weighted by molar-refractivity contribution is 5.75. The molecule has 0 unspecified atom stereocenters. The van der Waals surface area contributed by atoms with E-state index < -0.39 is 17.0 Å². The molecule has 0 bridgehead atoms. The molecule has 1 fully saturated rings. The minimum atomic E-state index is -0.673. The predicted molar refractivity (Wildman–Crippen MR) is 79.5 cm³/mol. The van der Waals surface area contributed by atoms with Gasteiger partial charge in [-0.2, -0.15) is 5.10 Å². The summed E-state index contributed by atoms with van der Waals surface area (Å²) in [6, 6.07) is 3.91. The first kappa shape index (κ1) is 15.6. The van der Waals surface area contributed by atoms with Crippen LogP contribution in [0.4, 0.5) is 8.78 Å². The van der Waals surface area contributed by atoms with Gasteiger partial charge in [0.05, 0.1) is 0 Å². The summed E-state index contributed by atoms with van der Waals surface area (Å²) in [4.78, 5) is 15.8. The summed E-state index contributed by atoms with van der Waals surface area (Å²) in [5, 5.41) is 6.66. The third-order valence-electron chi connectivity index (χ3n) is 4.45. The number of carbonyl (C=O) groups excluding carboxylic acids is 1. The molecule has 1 aromatic carbocycles. The van der Waals surface area contributed by atoms with Crippen LogP contribution in [0.5, 0.6) is 0 Å². The van der Waals surface area contributed by atoms with Crippen molar-refractivity contribution in [2.24, 2.45) is 0 Å². The molecule has 0 aliphatic heterocycles. The molecule has 1 saturated carbocycles. The highest BCUT2D eigenvalue weighted by atomic mass is 19.1. The van der Waals surface area contributed by atoms with Crippen molar-refractivity contribution < 1.29 is 13.6 Å². The summed E-state index contributed by atoms with van der Waals surface area (Å²) >= 11 is 0. The van der Waals surface area contributed by atoms with E-state index in [2.05, 4.69) is 15.4 Å². The lowest BCUT2D eigenvalue weighted by Crippen LogP contribution is -2.41. The van der Waals surface area contributed by atoms with E-state index in [0.29, 0.717) is 12.8 Å². The lowest BCUT2D eigenvalue weighted by atomic mass is 9.78. The summed E-state index contributed by atoms with van der Waals surface area (Å²) < 4.78 is 29.8. The number of aromatic nitrogens is 3. The van der Waals surface area contributed by atoms with Crippen LogP contribution in [0.1, 0.15) is 31.2 Å². The van der Waals surface area contributed by atoms with E-state index in [-0.39, 0.29) is 24.6 Å². The van der Waals surface area contributed by atoms with Gasteiger partial charge in [0.25, 0.3) is 0 Å². The highest BCUT2D eigenvalue weighted by Crippen LogP contribution is 2.42. The number of nitrogens with one attached hydrogen (secondary N) is 1. The Morgan fingerprint density at radius 3 is 2.57 bits per heavy atom. The lowest BCUT2D eigenvalue weighted by molar-refractivity contribution is -0.122. The van der Waals surface area contributed by atoms with Gasteiger partial charge in [-0.3, -0.25) is 4.79 Å². The number of halogens is 2. The SMILES string of the molecule is O=C(Cn1cncn1)NCC1(c2c(F)cccc2F)CCCC1. The topological polar surface area (TPSA) is 59.8 Å².